The highest BCUT2D eigenvalue weighted by Crippen LogP contribution is 2.13. The minimum Gasteiger partial charge on any atom is -0.326 e. The molecule has 2 aromatic carbocycles. The molecular formula is C19H21N3O3S. The second-order valence-corrected chi connectivity index (χ2v) is 8.06. The number of nitrogens with zero attached hydrogens (tertiary/aromatic N) is 2. The summed E-state index contributed by atoms with van der Waals surface area (Å²) in [5.74, 6) is -0.307. The van der Waals surface area contributed by atoms with Crippen LogP contribution in [-0.4, -0.2) is 31.4 Å². The standard InChI is InChI=1S/C19H21N3O3S/c1-15-5-3-7-17(11-15)14-22(26(2,24)25)10-9-19(23)21-18-8-4-6-16(12-18)13-20/h3-8,11-12H,9-10,14H2,1-2H3,(H,21,23). The van der Waals surface area contributed by atoms with Crippen molar-refractivity contribution in [2.45, 2.75) is 19.9 Å². The van der Waals surface area contributed by atoms with E-state index in [0.29, 0.717) is 11.3 Å². The molecule has 0 aliphatic carbocycles. The van der Waals surface area contributed by atoms with Crippen molar-refractivity contribution < 1.29 is 13.2 Å². The van der Waals surface area contributed by atoms with Crippen LogP contribution in [0.2, 0.25) is 0 Å². The van der Waals surface area contributed by atoms with Crippen molar-refractivity contribution in [1.29, 1.82) is 5.26 Å². The van der Waals surface area contributed by atoms with Crippen molar-refractivity contribution in [3.8, 4) is 6.07 Å². The zero-order valence-corrected chi connectivity index (χ0v) is 15.6. The van der Waals surface area contributed by atoms with Crippen molar-refractivity contribution in [3.05, 3.63) is 65.2 Å². The lowest BCUT2D eigenvalue weighted by atomic mass is 10.1. The summed E-state index contributed by atoms with van der Waals surface area (Å²) in [4.78, 5) is 12.1. The summed E-state index contributed by atoms with van der Waals surface area (Å²) in [6, 6.07) is 16.2. The van der Waals surface area contributed by atoms with Crippen LogP contribution in [0.1, 0.15) is 23.1 Å². The Balaban J connectivity index is 2.00. The predicted molar refractivity (Wildman–Crippen MR) is 101 cm³/mol. The fourth-order valence-corrected chi connectivity index (χ4v) is 3.30. The van der Waals surface area contributed by atoms with Gasteiger partial charge in [0.15, 0.2) is 0 Å². The van der Waals surface area contributed by atoms with Crippen molar-refractivity contribution in [3.63, 3.8) is 0 Å². The van der Waals surface area contributed by atoms with Crippen LogP contribution >= 0.6 is 0 Å². The third-order valence-corrected chi connectivity index (χ3v) is 5.02. The summed E-state index contributed by atoms with van der Waals surface area (Å²) >= 11 is 0. The third kappa shape index (κ3) is 5.99. The first-order valence-corrected chi connectivity index (χ1v) is 9.93. The molecule has 0 heterocycles. The van der Waals surface area contributed by atoms with Crippen LogP contribution in [0.4, 0.5) is 5.69 Å². The number of carbonyl (C=O) groups excluding carboxylic acids is 1. The van der Waals surface area contributed by atoms with Crippen molar-refractivity contribution in [2.75, 3.05) is 18.1 Å². The number of benzene rings is 2. The molecule has 0 aliphatic heterocycles. The van der Waals surface area contributed by atoms with Crippen LogP contribution in [0, 0.1) is 18.3 Å². The highest BCUT2D eigenvalue weighted by molar-refractivity contribution is 7.88. The van der Waals surface area contributed by atoms with Gasteiger partial charge in [0, 0.05) is 25.2 Å². The molecule has 0 bridgehead atoms. The zero-order valence-electron chi connectivity index (χ0n) is 14.8. The van der Waals surface area contributed by atoms with E-state index >= 15 is 0 Å². The lowest BCUT2D eigenvalue weighted by Crippen LogP contribution is -2.32. The summed E-state index contributed by atoms with van der Waals surface area (Å²) in [7, 11) is -3.44. The van der Waals surface area contributed by atoms with Crippen LogP contribution in [0.5, 0.6) is 0 Å². The number of hydrogen-bond donors (Lipinski definition) is 1. The van der Waals surface area contributed by atoms with E-state index in [1.165, 1.54) is 4.31 Å². The second-order valence-electron chi connectivity index (χ2n) is 6.08. The van der Waals surface area contributed by atoms with E-state index in [1.54, 1.807) is 24.3 Å². The van der Waals surface area contributed by atoms with Gasteiger partial charge < -0.3 is 5.32 Å². The third-order valence-electron chi connectivity index (χ3n) is 3.77. The molecule has 2 rings (SSSR count). The fraction of sp³-hybridized carbons (Fsp3) is 0.263. The molecule has 26 heavy (non-hydrogen) atoms. The Morgan fingerprint density at radius 2 is 1.92 bits per heavy atom. The smallest absolute Gasteiger partial charge is 0.225 e. The molecule has 0 radical (unpaired) electrons. The first kappa shape index (κ1) is 19.6. The topological polar surface area (TPSA) is 90.3 Å². The lowest BCUT2D eigenvalue weighted by molar-refractivity contribution is -0.116. The average molecular weight is 371 g/mol. The Morgan fingerprint density at radius 1 is 1.19 bits per heavy atom. The lowest BCUT2D eigenvalue weighted by Gasteiger charge is -2.20. The van der Waals surface area contributed by atoms with E-state index in [0.717, 1.165) is 17.4 Å². The number of rotatable bonds is 7. The molecular weight excluding hydrogens is 350 g/mol. The molecule has 0 spiro atoms. The Kier molecular flexibility index (Phi) is 6.50. The van der Waals surface area contributed by atoms with E-state index in [4.69, 9.17) is 5.26 Å². The Bertz CT molecular complexity index is 933. The number of anilines is 1. The first-order valence-electron chi connectivity index (χ1n) is 8.08. The highest BCUT2D eigenvalue weighted by atomic mass is 32.2. The second kappa shape index (κ2) is 8.61. The Hall–Kier alpha value is -2.69. The molecule has 0 saturated heterocycles. The summed E-state index contributed by atoms with van der Waals surface area (Å²) in [6.07, 6.45) is 1.16. The summed E-state index contributed by atoms with van der Waals surface area (Å²) in [5, 5.41) is 11.6. The first-order chi connectivity index (χ1) is 12.3. The van der Waals surface area contributed by atoms with Crippen LogP contribution in [0.25, 0.3) is 0 Å². The van der Waals surface area contributed by atoms with Crippen LogP contribution in [0.15, 0.2) is 48.5 Å². The molecule has 0 atom stereocenters. The predicted octanol–water partition coefficient (Wildman–Crippen LogP) is 2.66. The van der Waals surface area contributed by atoms with Gasteiger partial charge in [-0.25, -0.2) is 8.42 Å². The average Bonchev–Trinajstić information content (AvgIpc) is 2.57. The molecule has 7 heteroatoms. The maximum absolute atomic E-state index is 12.1. The number of nitriles is 1. The Labute approximate surface area is 154 Å². The number of amides is 1. The minimum absolute atomic E-state index is 0.0235. The number of hydrogen-bond acceptors (Lipinski definition) is 4. The quantitative estimate of drug-likeness (QED) is 0.810. The van der Waals surface area contributed by atoms with E-state index < -0.39 is 10.0 Å². The van der Waals surface area contributed by atoms with Gasteiger partial charge in [-0.2, -0.15) is 9.57 Å². The molecule has 6 nitrogen and oxygen atoms in total. The molecule has 0 saturated carbocycles. The van der Waals surface area contributed by atoms with E-state index in [1.807, 2.05) is 37.3 Å². The van der Waals surface area contributed by atoms with Gasteiger partial charge in [-0.15, -0.1) is 0 Å². The summed E-state index contributed by atoms with van der Waals surface area (Å²) in [6.45, 7) is 2.24. The van der Waals surface area contributed by atoms with E-state index in [9.17, 15) is 13.2 Å². The van der Waals surface area contributed by atoms with E-state index in [-0.39, 0.29) is 25.4 Å². The van der Waals surface area contributed by atoms with Crippen molar-refractivity contribution >= 4 is 21.6 Å². The van der Waals surface area contributed by atoms with Gasteiger partial charge in [-0.05, 0) is 30.7 Å². The van der Waals surface area contributed by atoms with Crippen LogP contribution < -0.4 is 5.32 Å². The number of sulfonamides is 1. The molecule has 0 aliphatic rings. The molecule has 2 aromatic rings. The van der Waals surface area contributed by atoms with Gasteiger partial charge in [0.25, 0.3) is 0 Å². The number of carbonyl (C=O) groups is 1. The highest BCUT2D eigenvalue weighted by Gasteiger charge is 2.18. The summed E-state index contributed by atoms with van der Waals surface area (Å²) < 4.78 is 25.4. The molecule has 0 unspecified atom stereocenters. The largest absolute Gasteiger partial charge is 0.326 e. The molecule has 0 fully saturated rings. The molecule has 1 N–H and O–H groups in total. The monoisotopic (exact) mass is 371 g/mol. The van der Waals surface area contributed by atoms with E-state index in [2.05, 4.69) is 5.32 Å². The Morgan fingerprint density at radius 3 is 2.58 bits per heavy atom. The fourth-order valence-electron chi connectivity index (χ4n) is 2.49. The normalized spacial score (nSPS) is 11.2. The summed E-state index contributed by atoms with van der Waals surface area (Å²) in [5.41, 5.74) is 2.88. The molecule has 1 amide bonds. The van der Waals surface area contributed by atoms with Crippen molar-refractivity contribution in [1.82, 2.24) is 4.31 Å². The number of aryl methyl sites for hydroxylation is 1. The van der Waals surface area contributed by atoms with Gasteiger partial charge in [0.2, 0.25) is 15.9 Å². The van der Waals surface area contributed by atoms with Crippen LogP contribution in [0.3, 0.4) is 0 Å². The minimum atomic E-state index is -3.44. The van der Waals surface area contributed by atoms with Crippen LogP contribution in [-0.2, 0) is 21.4 Å². The SMILES string of the molecule is Cc1cccc(CN(CCC(=O)Nc2cccc(C#N)c2)S(C)(=O)=O)c1. The van der Waals surface area contributed by atoms with Gasteiger partial charge in [0.1, 0.15) is 0 Å². The number of nitrogens with one attached hydrogen (secondary N) is 1. The van der Waals surface area contributed by atoms with Crippen molar-refractivity contribution in [2.24, 2.45) is 0 Å². The zero-order chi connectivity index (χ0) is 19.2. The van der Waals surface area contributed by atoms with Gasteiger partial charge in [0.05, 0.1) is 17.9 Å². The maximum Gasteiger partial charge on any atom is 0.225 e. The maximum atomic E-state index is 12.1. The van der Waals surface area contributed by atoms with Gasteiger partial charge in [-0.1, -0.05) is 35.9 Å². The van der Waals surface area contributed by atoms with Gasteiger partial charge >= 0.3 is 0 Å². The molecule has 136 valence electrons. The van der Waals surface area contributed by atoms with Gasteiger partial charge in [-0.3, -0.25) is 4.79 Å². The molecule has 0 aromatic heterocycles.